The van der Waals surface area contributed by atoms with Crippen molar-refractivity contribution in [2.24, 2.45) is 5.92 Å². The Morgan fingerprint density at radius 2 is 1.88 bits per heavy atom. The van der Waals surface area contributed by atoms with E-state index in [0.717, 1.165) is 38.5 Å². The number of likely N-dealkylation sites (N-methyl/N-ethyl adjacent to an activating group) is 1. The fourth-order valence-electron chi connectivity index (χ4n) is 3.26. The first kappa shape index (κ1) is 10.1. The van der Waals surface area contributed by atoms with Crippen molar-refractivity contribution >= 4 is 11.8 Å². The Hall–Kier alpha value is -1.06. The van der Waals surface area contributed by atoms with Gasteiger partial charge in [0.15, 0.2) is 0 Å². The summed E-state index contributed by atoms with van der Waals surface area (Å²) < 4.78 is 0. The van der Waals surface area contributed by atoms with Crippen LogP contribution in [0.3, 0.4) is 0 Å². The van der Waals surface area contributed by atoms with Crippen LogP contribution < -0.4 is 5.32 Å². The molecule has 4 heteroatoms. The van der Waals surface area contributed by atoms with Crippen LogP contribution in [0.15, 0.2) is 0 Å². The summed E-state index contributed by atoms with van der Waals surface area (Å²) in [6.07, 6.45) is 5.91. The third-order valence-corrected chi connectivity index (χ3v) is 4.30. The first-order chi connectivity index (χ1) is 7.64. The molecule has 0 bridgehead atoms. The number of rotatable bonds is 1. The number of piperazine rings is 1. The molecule has 1 atom stereocenters. The van der Waals surface area contributed by atoms with Crippen molar-refractivity contribution in [1.29, 1.82) is 0 Å². The van der Waals surface area contributed by atoms with Crippen LogP contribution in [0.2, 0.25) is 0 Å². The Bertz CT molecular complexity index is 343. The Labute approximate surface area is 95.4 Å². The molecule has 1 saturated heterocycles. The molecule has 16 heavy (non-hydrogen) atoms. The van der Waals surface area contributed by atoms with Crippen molar-refractivity contribution in [3.63, 3.8) is 0 Å². The Balaban J connectivity index is 1.87. The van der Waals surface area contributed by atoms with Gasteiger partial charge in [-0.15, -0.1) is 0 Å². The first-order valence-corrected chi connectivity index (χ1v) is 6.23. The zero-order valence-corrected chi connectivity index (χ0v) is 9.66. The van der Waals surface area contributed by atoms with Crippen molar-refractivity contribution in [3.05, 3.63) is 0 Å². The fraction of sp³-hybridized carbons (Fsp3) is 0.833. The van der Waals surface area contributed by atoms with E-state index in [1.807, 2.05) is 0 Å². The average molecular weight is 222 g/mol. The van der Waals surface area contributed by atoms with Gasteiger partial charge in [0.1, 0.15) is 11.6 Å². The number of nitrogens with one attached hydrogen (secondary N) is 1. The highest BCUT2D eigenvalue weighted by Gasteiger charge is 2.54. The second-order valence-corrected chi connectivity index (χ2v) is 5.48. The molecule has 0 radical (unpaired) electrons. The largest absolute Gasteiger partial charge is 0.340 e. The van der Waals surface area contributed by atoms with Gasteiger partial charge in [-0.1, -0.05) is 12.8 Å². The van der Waals surface area contributed by atoms with Gasteiger partial charge in [-0.25, -0.2) is 0 Å². The molecular weight excluding hydrogens is 204 g/mol. The summed E-state index contributed by atoms with van der Waals surface area (Å²) in [7, 11) is 1.80. The Kier molecular flexibility index (Phi) is 2.03. The van der Waals surface area contributed by atoms with Crippen molar-refractivity contribution in [1.82, 2.24) is 10.2 Å². The van der Waals surface area contributed by atoms with Gasteiger partial charge in [0.2, 0.25) is 11.8 Å². The molecule has 0 aromatic heterocycles. The molecule has 3 fully saturated rings. The molecule has 1 unspecified atom stereocenters. The quantitative estimate of drug-likeness (QED) is 0.708. The zero-order chi connectivity index (χ0) is 11.3. The Morgan fingerprint density at radius 1 is 1.25 bits per heavy atom. The number of amides is 2. The van der Waals surface area contributed by atoms with Gasteiger partial charge in [0.05, 0.1) is 0 Å². The van der Waals surface area contributed by atoms with E-state index in [1.165, 1.54) is 0 Å². The van der Waals surface area contributed by atoms with E-state index in [0.29, 0.717) is 5.92 Å². The van der Waals surface area contributed by atoms with Crippen molar-refractivity contribution < 1.29 is 9.59 Å². The van der Waals surface area contributed by atoms with E-state index in [2.05, 4.69) is 5.32 Å². The molecule has 1 aliphatic heterocycles. The van der Waals surface area contributed by atoms with Gasteiger partial charge >= 0.3 is 0 Å². The number of hydrogen-bond donors (Lipinski definition) is 1. The van der Waals surface area contributed by atoms with Gasteiger partial charge in [-0.05, 0) is 31.6 Å². The van der Waals surface area contributed by atoms with Crippen LogP contribution in [0.25, 0.3) is 0 Å². The van der Waals surface area contributed by atoms with Crippen molar-refractivity contribution in [2.75, 3.05) is 7.05 Å². The third-order valence-electron chi connectivity index (χ3n) is 4.30. The van der Waals surface area contributed by atoms with Gasteiger partial charge in [0, 0.05) is 7.05 Å². The molecule has 0 aromatic carbocycles. The van der Waals surface area contributed by atoms with Gasteiger partial charge in [0.25, 0.3) is 0 Å². The molecule has 4 nitrogen and oxygen atoms in total. The number of carbonyl (C=O) groups excluding carboxylic acids is 2. The minimum atomic E-state index is -0.544. The van der Waals surface area contributed by atoms with Crippen LogP contribution in [0.5, 0.6) is 0 Å². The summed E-state index contributed by atoms with van der Waals surface area (Å²) in [5, 5.41) is 3.01. The predicted octanol–water partition coefficient (Wildman–Crippen LogP) is 0.666. The van der Waals surface area contributed by atoms with Crippen LogP contribution in [0.1, 0.15) is 38.5 Å². The highest BCUT2D eigenvalue weighted by atomic mass is 16.2. The molecular formula is C12H18N2O2. The summed E-state index contributed by atoms with van der Waals surface area (Å²) in [5.74, 6) is 0.626. The van der Waals surface area contributed by atoms with E-state index in [9.17, 15) is 9.59 Å². The highest BCUT2D eigenvalue weighted by molar-refractivity contribution is 6.00. The summed E-state index contributed by atoms with van der Waals surface area (Å²) in [6.45, 7) is 0. The van der Waals surface area contributed by atoms with Gasteiger partial charge in [-0.2, -0.15) is 0 Å². The van der Waals surface area contributed by atoms with Gasteiger partial charge < -0.3 is 10.2 Å². The molecule has 3 rings (SSSR count). The van der Waals surface area contributed by atoms with E-state index in [4.69, 9.17) is 0 Å². The molecule has 3 aliphatic rings. The minimum absolute atomic E-state index is 0.0755. The number of carbonyl (C=O) groups is 2. The number of nitrogens with zero attached hydrogens (tertiary/aromatic N) is 1. The Morgan fingerprint density at radius 3 is 2.44 bits per heavy atom. The molecule has 1 heterocycles. The lowest BCUT2D eigenvalue weighted by atomic mass is 9.90. The molecule has 1 spiro atoms. The second kappa shape index (κ2) is 3.22. The SMILES string of the molecule is CN1C(=O)C2(CCCC2)NC(=O)C1C1CC1. The normalized spacial score (nSPS) is 33.3. The highest BCUT2D eigenvalue weighted by Crippen LogP contribution is 2.40. The van der Waals surface area contributed by atoms with Crippen molar-refractivity contribution in [3.8, 4) is 0 Å². The molecule has 1 N–H and O–H groups in total. The second-order valence-electron chi connectivity index (χ2n) is 5.48. The molecule has 0 aromatic rings. The lowest BCUT2D eigenvalue weighted by Gasteiger charge is -2.42. The molecule has 2 saturated carbocycles. The lowest BCUT2D eigenvalue weighted by Crippen LogP contribution is -2.69. The van der Waals surface area contributed by atoms with E-state index in [1.54, 1.807) is 11.9 Å². The van der Waals surface area contributed by atoms with Crippen LogP contribution >= 0.6 is 0 Å². The smallest absolute Gasteiger partial charge is 0.248 e. The topological polar surface area (TPSA) is 49.4 Å². The summed E-state index contributed by atoms with van der Waals surface area (Å²) in [4.78, 5) is 26.1. The predicted molar refractivity (Wildman–Crippen MR) is 58.6 cm³/mol. The van der Waals surface area contributed by atoms with E-state index >= 15 is 0 Å². The van der Waals surface area contributed by atoms with E-state index < -0.39 is 5.54 Å². The van der Waals surface area contributed by atoms with Crippen LogP contribution in [-0.4, -0.2) is 35.3 Å². The van der Waals surface area contributed by atoms with Crippen LogP contribution in [-0.2, 0) is 9.59 Å². The van der Waals surface area contributed by atoms with Gasteiger partial charge in [-0.3, -0.25) is 9.59 Å². The minimum Gasteiger partial charge on any atom is -0.340 e. The maximum atomic E-state index is 12.3. The van der Waals surface area contributed by atoms with Crippen molar-refractivity contribution in [2.45, 2.75) is 50.1 Å². The fourth-order valence-corrected chi connectivity index (χ4v) is 3.26. The summed E-state index contributed by atoms with van der Waals surface area (Å²) >= 11 is 0. The standard InChI is InChI=1S/C12H18N2O2/c1-14-9(8-4-5-8)10(15)13-12(11(14)16)6-2-3-7-12/h8-9H,2-7H2,1H3,(H,13,15). The average Bonchev–Trinajstić information content (AvgIpc) is 2.96. The summed E-state index contributed by atoms with van der Waals surface area (Å²) in [5.41, 5.74) is -0.544. The lowest BCUT2D eigenvalue weighted by molar-refractivity contribution is -0.153. The first-order valence-electron chi connectivity index (χ1n) is 6.23. The molecule has 2 aliphatic carbocycles. The maximum absolute atomic E-state index is 12.3. The van der Waals surface area contributed by atoms with Crippen LogP contribution in [0.4, 0.5) is 0 Å². The molecule has 88 valence electrons. The summed E-state index contributed by atoms with van der Waals surface area (Å²) in [6, 6.07) is -0.196. The van der Waals surface area contributed by atoms with Crippen LogP contribution in [0, 0.1) is 5.92 Å². The third kappa shape index (κ3) is 1.28. The molecule has 2 amide bonds. The number of hydrogen-bond acceptors (Lipinski definition) is 2. The zero-order valence-electron chi connectivity index (χ0n) is 9.66. The monoisotopic (exact) mass is 222 g/mol. The maximum Gasteiger partial charge on any atom is 0.248 e. The van der Waals surface area contributed by atoms with E-state index in [-0.39, 0.29) is 17.9 Å².